The number of thioether (sulfide) groups is 1. The molecule has 0 fully saturated rings. The molecule has 6 rings (SSSR count). The molecule has 2 aliphatic heterocycles. The number of hydrogen-bond donors (Lipinski definition) is 1. The van der Waals surface area contributed by atoms with Crippen LogP contribution in [-0.4, -0.2) is 44.7 Å². The lowest BCUT2D eigenvalue weighted by molar-refractivity contribution is -0.114. The minimum Gasteiger partial charge on any atom is -0.492 e. The fraction of sp³-hybridized carbons (Fsp3) is 0.133. The van der Waals surface area contributed by atoms with Gasteiger partial charge in [0.25, 0.3) is 5.91 Å². The van der Waals surface area contributed by atoms with Gasteiger partial charge >= 0.3 is 0 Å². The van der Waals surface area contributed by atoms with E-state index in [0.29, 0.717) is 23.4 Å². The van der Waals surface area contributed by atoms with Crippen LogP contribution in [0, 0.1) is 12.3 Å². The Hall–Kier alpha value is -4.63. The molecule has 1 N–H and O–H groups in total. The van der Waals surface area contributed by atoms with Crippen LogP contribution in [0.2, 0.25) is 0 Å². The quantitative estimate of drug-likeness (QED) is 0.291. The Bertz CT molecular complexity index is 1670. The van der Waals surface area contributed by atoms with Crippen LogP contribution < -0.4 is 9.47 Å². The summed E-state index contributed by atoms with van der Waals surface area (Å²) < 4.78 is 13.9. The predicted molar refractivity (Wildman–Crippen MR) is 156 cm³/mol. The molecule has 1 amide bonds. The first-order chi connectivity index (χ1) is 19.1. The van der Waals surface area contributed by atoms with Gasteiger partial charge in [0, 0.05) is 22.7 Å². The van der Waals surface area contributed by atoms with E-state index < -0.39 is 5.91 Å². The Morgan fingerprint density at radius 2 is 1.74 bits per heavy atom. The van der Waals surface area contributed by atoms with Crippen molar-refractivity contribution in [2.45, 2.75) is 13.5 Å². The number of carbonyl (C=O) groups is 1. The molecule has 3 heterocycles. The van der Waals surface area contributed by atoms with Crippen LogP contribution in [0.3, 0.4) is 0 Å². The van der Waals surface area contributed by atoms with Gasteiger partial charge in [-0.3, -0.25) is 10.2 Å². The largest absolute Gasteiger partial charge is 0.492 e. The second-order valence-electron chi connectivity index (χ2n) is 9.02. The highest BCUT2D eigenvalue weighted by molar-refractivity contribution is 8.27. The number of aromatic nitrogens is 1. The number of benzene rings is 3. The minimum atomic E-state index is -0.459. The van der Waals surface area contributed by atoms with Gasteiger partial charge in [-0.15, -0.1) is 0 Å². The third-order valence-corrected chi connectivity index (χ3v) is 7.29. The summed E-state index contributed by atoms with van der Waals surface area (Å²) in [4.78, 5) is 17.2. The Morgan fingerprint density at radius 3 is 2.59 bits per heavy atom. The monoisotopic (exact) mass is 535 g/mol. The third-order valence-electron chi connectivity index (χ3n) is 6.40. The average molecular weight is 536 g/mol. The molecule has 0 aliphatic carbocycles. The van der Waals surface area contributed by atoms with E-state index in [1.165, 1.54) is 16.8 Å². The number of fused-ring (bicyclic) bond motifs is 2. The molecule has 1 aromatic heterocycles. The highest BCUT2D eigenvalue weighted by Crippen LogP contribution is 2.31. The second kappa shape index (κ2) is 10.6. The van der Waals surface area contributed by atoms with Crippen LogP contribution in [0.5, 0.6) is 11.5 Å². The van der Waals surface area contributed by atoms with Crippen molar-refractivity contribution in [2.24, 2.45) is 10.1 Å². The smallest absolute Gasteiger partial charge is 0.283 e. The van der Waals surface area contributed by atoms with E-state index in [1.807, 2.05) is 92.0 Å². The van der Waals surface area contributed by atoms with E-state index in [2.05, 4.69) is 14.7 Å². The van der Waals surface area contributed by atoms with Crippen LogP contribution in [0.25, 0.3) is 17.0 Å². The van der Waals surface area contributed by atoms with Crippen molar-refractivity contribution in [1.29, 1.82) is 5.41 Å². The van der Waals surface area contributed by atoms with Crippen LogP contribution in [-0.2, 0) is 11.3 Å². The number of ether oxygens (including phenoxy) is 2. The second-order valence-corrected chi connectivity index (χ2v) is 10.1. The highest BCUT2D eigenvalue weighted by Gasteiger charge is 2.36. The molecule has 0 saturated carbocycles. The first kappa shape index (κ1) is 24.7. The van der Waals surface area contributed by atoms with Gasteiger partial charge in [0.05, 0.1) is 12.1 Å². The average Bonchev–Trinajstić information content (AvgIpc) is 3.52. The Kier molecular flexibility index (Phi) is 6.73. The number of aliphatic imine (C=N–C) groups is 1. The van der Waals surface area contributed by atoms with Crippen LogP contribution in [0.1, 0.15) is 11.1 Å². The number of nitrogens with zero attached hydrogens (tertiary/aromatic N) is 4. The van der Waals surface area contributed by atoms with Gasteiger partial charge in [0.1, 0.15) is 29.8 Å². The summed E-state index contributed by atoms with van der Waals surface area (Å²) in [5.74, 6) is 1.12. The van der Waals surface area contributed by atoms with Crippen molar-refractivity contribution >= 4 is 50.7 Å². The number of hydrazone groups is 1. The molecule has 39 heavy (non-hydrogen) atoms. The number of nitrogens with one attached hydrogen (secondary N) is 1. The molecule has 0 bridgehead atoms. The van der Waals surface area contributed by atoms with Crippen molar-refractivity contribution in [3.63, 3.8) is 0 Å². The van der Waals surface area contributed by atoms with Crippen molar-refractivity contribution in [3.05, 3.63) is 102 Å². The van der Waals surface area contributed by atoms with Gasteiger partial charge in [-0.05, 0) is 54.6 Å². The number of rotatable bonds is 8. The lowest BCUT2D eigenvalue weighted by Gasteiger charge is -2.20. The van der Waals surface area contributed by atoms with E-state index in [1.54, 1.807) is 6.08 Å². The van der Waals surface area contributed by atoms with E-state index >= 15 is 0 Å². The summed E-state index contributed by atoms with van der Waals surface area (Å²) in [6.07, 6.45) is 3.71. The number of amidine groups is 2. The van der Waals surface area contributed by atoms with E-state index in [4.69, 9.17) is 14.9 Å². The van der Waals surface area contributed by atoms with E-state index in [9.17, 15) is 4.79 Å². The van der Waals surface area contributed by atoms with E-state index in [0.717, 1.165) is 33.5 Å². The van der Waals surface area contributed by atoms with Gasteiger partial charge in [0.2, 0.25) is 5.17 Å². The maximum Gasteiger partial charge on any atom is 0.283 e. The molecule has 2 aliphatic rings. The Labute approximate surface area is 229 Å². The van der Waals surface area contributed by atoms with Gasteiger partial charge in [0.15, 0.2) is 5.84 Å². The SMILES string of the molecule is Cc1ccccc1OCC1=NN2C(=N)C(=Cc3cn(CCOc4ccccc4)c4ccccc34)C(=O)N=C2S1. The zero-order valence-electron chi connectivity index (χ0n) is 21.2. The molecule has 9 heteroatoms. The number of hydrogen-bond acceptors (Lipinski definition) is 6. The lowest BCUT2D eigenvalue weighted by Crippen LogP contribution is -2.35. The number of aryl methyl sites for hydroxylation is 1. The minimum absolute atomic E-state index is 0.00682. The topological polar surface area (TPSA) is 92.3 Å². The predicted octanol–water partition coefficient (Wildman–Crippen LogP) is 5.73. The summed E-state index contributed by atoms with van der Waals surface area (Å²) in [5.41, 5.74) is 3.06. The number of para-hydroxylation sites is 3. The molecule has 0 saturated heterocycles. The molecule has 0 unspecified atom stereocenters. The molecule has 0 spiro atoms. The maximum absolute atomic E-state index is 13.0. The molecular weight excluding hydrogens is 510 g/mol. The van der Waals surface area contributed by atoms with E-state index in [-0.39, 0.29) is 18.0 Å². The summed E-state index contributed by atoms with van der Waals surface area (Å²) in [5, 5.41) is 16.7. The van der Waals surface area contributed by atoms with Crippen molar-refractivity contribution in [3.8, 4) is 11.5 Å². The summed E-state index contributed by atoms with van der Waals surface area (Å²) in [7, 11) is 0. The van der Waals surface area contributed by atoms with Gasteiger partial charge < -0.3 is 14.0 Å². The fourth-order valence-corrected chi connectivity index (χ4v) is 5.26. The van der Waals surface area contributed by atoms with Gasteiger partial charge in [-0.1, -0.05) is 54.6 Å². The Morgan fingerprint density at radius 1 is 0.974 bits per heavy atom. The summed E-state index contributed by atoms with van der Waals surface area (Å²) >= 11 is 1.24. The van der Waals surface area contributed by atoms with Gasteiger partial charge in [-0.2, -0.15) is 15.1 Å². The summed E-state index contributed by atoms with van der Waals surface area (Å²) in [6, 6.07) is 25.4. The lowest BCUT2D eigenvalue weighted by atomic mass is 10.1. The van der Waals surface area contributed by atoms with Crippen LogP contribution >= 0.6 is 11.8 Å². The molecule has 3 aromatic carbocycles. The number of amides is 1. The van der Waals surface area contributed by atoms with Crippen LogP contribution in [0.15, 0.2) is 101 Å². The standard InChI is InChI=1S/C30H25N5O3S/c1-20-9-5-8-14-26(20)38-19-27-33-35-28(31)24(29(36)32-30(35)39-27)17-21-18-34(25-13-7-6-12-23(21)25)15-16-37-22-10-3-2-4-11-22/h2-14,17-18,31H,15-16,19H2,1H3. The molecule has 0 radical (unpaired) electrons. The molecule has 4 aromatic rings. The number of carbonyl (C=O) groups excluding carboxylic acids is 1. The molecular formula is C30H25N5O3S. The zero-order valence-corrected chi connectivity index (χ0v) is 22.0. The van der Waals surface area contributed by atoms with Crippen molar-refractivity contribution < 1.29 is 14.3 Å². The normalized spacial score (nSPS) is 15.9. The molecule has 8 nitrogen and oxygen atoms in total. The Balaban J connectivity index is 1.22. The van der Waals surface area contributed by atoms with Crippen molar-refractivity contribution in [1.82, 2.24) is 9.58 Å². The van der Waals surface area contributed by atoms with Gasteiger partial charge in [-0.25, -0.2) is 0 Å². The third kappa shape index (κ3) is 5.08. The molecule has 0 atom stereocenters. The zero-order chi connectivity index (χ0) is 26.8. The first-order valence-electron chi connectivity index (χ1n) is 12.5. The fourth-order valence-electron chi connectivity index (χ4n) is 4.46. The highest BCUT2D eigenvalue weighted by atomic mass is 32.2. The summed E-state index contributed by atoms with van der Waals surface area (Å²) in [6.45, 7) is 3.33. The molecule has 194 valence electrons. The van der Waals surface area contributed by atoms with Crippen LogP contribution in [0.4, 0.5) is 0 Å². The first-order valence-corrected chi connectivity index (χ1v) is 13.3. The van der Waals surface area contributed by atoms with Crippen molar-refractivity contribution in [2.75, 3.05) is 13.2 Å². The maximum atomic E-state index is 13.0.